The fraction of sp³-hybridized carbons (Fsp3) is 0.231. The molecule has 0 aliphatic carbocycles. The number of nitrogens with two attached hydrogens (primary N) is 1. The van der Waals surface area contributed by atoms with Crippen LogP contribution in [0.4, 0.5) is 10.2 Å². The molecule has 19 heavy (non-hydrogen) atoms. The van der Waals surface area contributed by atoms with Crippen molar-refractivity contribution in [2.45, 2.75) is 24.5 Å². The van der Waals surface area contributed by atoms with Crippen LogP contribution in [0.25, 0.3) is 0 Å². The van der Waals surface area contributed by atoms with Gasteiger partial charge in [-0.15, -0.1) is 11.8 Å². The minimum absolute atomic E-state index is 0.0351. The first kappa shape index (κ1) is 13.8. The molecule has 0 spiro atoms. The lowest BCUT2D eigenvalue weighted by molar-refractivity contribution is 0.602. The van der Waals surface area contributed by atoms with Gasteiger partial charge >= 0.3 is 0 Å². The molecule has 0 atom stereocenters. The highest BCUT2D eigenvalue weighted by Crippen LogP contribution is 2.25. The first-order chi connectivity index (χ1) is 9.11. The number of nitrogens with one attached hydrogen (secondary N) is 1. The monoisotopic (exact) mass is 278 g/mol. The third kappa shape index (κ3) is 3.21. The predicted molar refractivity (Wildman–Crippen MR) is 75.3 cm³/mol. The molecule has 2 rings (SSSR count). The summed E-state index contributed by atoms with van der Waals surface area (Å²) in [7, 11) is 0. The predicted octanol–water partition coefficient (Wildman–Crippen LogP) is 2.81. The molecule has 1 heterocycles. The molecular formula is C13H15FN4S. The Morgan fingerprint density at radius 3 is 2.68 bits per heavy atom. The molecule has 2 aromatic rings. The van der Waals surface area contributed by atoms with Crippen LogP contribution in [-0.4, -0.2) is 9.97 Å². The number of thioether (sulfide) groups is 1. The zero-order valence-electron chi connectivity index (χ0n) is 10.8. The van der Waals surface area contributed by atoms with Gasteiger partial charge in [0, 0.05) is 4.90 Å². The zero-order chi connectivity index (χ0) is 13.8. The Bertz CT molecular complexity index is 589. The van der Waals surface area contributed by atoms with Crippen molar-refractivity contribution in [3.63, 3.8) is 0 Å². The molecule has 1 aromatic heterocycles. The Kier molecular flexibility index (Phi) is 4.34. The number of nitrogen functional groups attached to an aromatic ring is 1. The van der Waals surface area contributed by atoms with Gasteiger partial charge < -0.3 is 5.43 Å². The van der Waals surface area contributed by atoms with Gasteiger partial charge in [-0.2, -0.15) is 0 Å². The highest BCUT2D eigenvalue weighted by molar-refractivity contribution is 7.98. The van der Waals surface area contributed by atoms with E-state index in [1.165, 1.54) is 5.56 Å². The number of aryl methyl sites for hydroxylation is 2. The molecule has 0 fully saturated rings. The van der Waals surface area contributed by atoms with E-state index in [1.54, 1.807) is 18.7 Å². The summed E-state index contributed by atoms with van der Waals surface area (Å²) >= 11 is 1.62. The lowest BCUT2D eigenvalue weighted by Gasteiger charge is -2.08. The Balaban J connectivity index is 2.16. The van der Waals surface area contributed by atoms with E-state index >= 15 is 0 Å². The average molecular weight is 278 g/mol. The second-order valence-corrected chi connectivity index (χ2v) is 5.10. The normalized spacial score (nSPS) is 10.5. The second-order valence-electron chi connectivity index (χ2n) is 4.09. The van der Waals surface area contributed by atoms with Crippen LogP contribution in [0.15, 0.2) is 29.2 Å². The van der Waals surface area contributed by atoms with Gasteiger partial charge in [0.25, 0.3) is 0 Å². The van der Waals surface area contributed by atoms with Gasteiger partial charge in [0.1, 0.15) is 5.82 Å². The summed E-state index contributed by atoms with van der Waals surface area (Å²) in [6.07, 6.45) is 0. The number of benzene rings is 1. The smallest absolute Gasteiger partial charge is 0.187 e. The summed E-state index contributed by atoms with van der Waals surface area (Å²) in [4.78, 5) is 9.34. The highest BCUT2D eigenvalue weighted by atomic mass is 32.2. The first-order valence-corrected chi connectivity index (χ1v) is 6.78. The molecular weight excluding hydrogens is 263 g/mol. The SMILES string of the molecule is Cc1ccccc1SCc1nc(C)c(F)c(NN)n1. The van der Waals surface area contributed by atoms with Crippen LogP contribution in [0.2, 0.25) is 0 Å². The molecule has 0 unspecified atom stereocenters. The summed E-state index contributed by atoms with van der Waals surface area (Å²) in [5, 5.41) is 0. The molecule has 3 N–H and O–H groups in total. The van der Waals surface area contributed by atoms with E-state index in [2.05, 4.69) is 15.4 Å². The Morgan fingerprint density at radius 2 is 2.00 bits per heavy atom. The van der Waals surface area contributed by atoms with Crippen molar-refractivity contribution in [3.05, 3.63) is 47.2 Å². The minimum atomic E-state index is -0.507. The first-order valence-electron chi connectivity index (χ1n) is 5.80. The van der Waals surface area contributed by atoms with Gasteiger partial charge in [0.05, 0.1) is 11.4 Å². The molecule has 1 aromatic carbocycles. The van der Waals surface area contributed by atoms with Crippen LogP contribution in [-0.2, 0) is 5.75 Å². The lowest BCUT2D eigenvalue weighted by Crippen LogP contribution is -2.13. The maximum atomic E-state index is 13.5. The summed E-state index contributed by atoms with van der Waals surface area (Å²) < 4.78 is 13.5. The molecule has 0 amide bonds. The van der Waals surface area contributed by atoms with E-state index in [1.807, 2.05) is 31.2 Å². The van der Waals surface area contributed by atoms with Crippen LogP contribution < -0.4 is 11.3 Å². The van der Waals surface area contributed by atoms with Gasteiger partial charge in [-0.25, -0.2) is 20.2 Å². The fourth-order valence-corrected chi connectivity index (χ4v) is 2.52. The van der Waals surface area contributed by atoms with Crippen molar-refractivity contribution in [1.82, 2.24) is 9.97 Å². The molecule has 0 radical (unpaired) electrons. The van der Waals surface area contributed by atoms with Crippen molar-refractivity contribution < 1.29 is 4.39 Å². The van der Waals surface area contributed by atoms with E-state index in [0.717, 1.165) is 4.90 Å². The van der Waals surface area contributed by atoms with Crippen LogP contribution in [0.1, 0.15) is 17.1 Å². The van der Waals surface area contributed by atoms with Crippen molar-refractivity contribution in [1.29, 1.82) is 0 Å². The number of hydrogen-bond donors (Lipinski definition) is 2. The number of anilines is 1. The molecule has 100 valence electrons. The molecule has 0 saturated carbocycles. The van der Waals surface area contributed by atoms with Gasteiger partial charge in [0.2, 0.25) is 0 Å². The van der Waals surface area contributed by atoms with Gasteiger partial charge in [0.15, 0.2) is 11.6 Å². The molecule has 6 heteroatoms. The summed E-state index contributed by atoms with van der Waals surface area (Å²) in [6, 6.07) is 8.07. The van der Waals surface area contributed by atoms with Crippen LogP contribution in [0, 0.1) is 19.7 Å². The maximum absolute atomic E-state index is 13.5. The summed E-state index contributed by atoms with van der Waals surface area (Å²) in [5.74, 6) is 5.89. The van der Waals surface area contributed by atoms with Crippen LogP contribution in [0.3, 0.4) is 0 Å². The third-order valence-electron chi connectivity index (χ3n) is 2.65. The van der Waals surface area contributed by atoms with Crippen molar-refractivity contribution in [2.75, 3.05) is 5.43 Å². The molecule has 0 aliphatic rings. The van der Waals surface area contributed by atoms with Crippen LogP contribution >= 0.6 is 11.8 Å². The van der Waals surface area contributed by atoms with E-state index in [0.29, 0.717) is 17.3 Å². The number of halogens is 1. The Labute approximate surface area is 115 Å². The van der Waals surface area contributed by atoms with Crippen molar-refractivity contribution in [2.24, 2.45) is 5.84 Å². The van der Waals surface area contributed by atoms with Gasteiger partial charge in [-0.3, -0.25) is 0 Å². The largest absolute Gasteiger partial charge is 0.306 e. The Hall–Kier alpha value is -1.66. The molecule has 0 bridgehead atoms. The number of rotatable bonds is 4. The van der Waals surface area contributed by atoms with Gasteiger partial charge in [-0.1, -0.05) is 18.2 Å². The lowest BCUT2D eigenvalue weighted by atomic mass is 10.2. The second kappa shape index (κ2) is 5.99. The fourth-order valence-electron chi connectivity index (χ4n) is 1.64. The summed E-state index contributed by atoms with van der Waals surface area (Å²) in [5.41, 5.74) is 3.74. The Morgan fingerprint density at radius 1 is 1.26 bits per heavy atom. The molecule has 4 nitrogen and oxygen atoms in total. The minimum Gasteiger partial charge on any atom is -0.306 e. The summed E-state index contributed by atoms with van der Waals surface area (Å²) in [6.45, 7) is 3.64. The number of aromatic nitrogens is 2. The highest BCUT2D eigenvalue weighted by Gasteiger charge is 2.10. The van der Waals surface area contributed by atoms with Gasteiger partial charge in [-0.05, 0) is 25.5 Å². The van der Waals surface area contributed by atoms with E-state index < -0.39 is 5.82 Å². The number of hydrogen-bond acceptors (Lipinski definition) is 5. The van der Waals surface area contributed by atoms with E-state index in [9.17, 15) is 4.39 Å². The maximum Gasteiger partial charge on any atom is 0.187 e. The van der Waals surface area contributed by atoms with E-state index in [4.69, 9.17) is 5.84 Å². The molecule has 0 aliphatic heterocycles. The topological polar surface area (TPSA) is 63.8 Å². The number of nitrogens with zero attached hydrogens (tertiary/aromatic N) is 2. The zero-order valence-corrected chi connectivity index (χ0v) is 11.6. The van der Waals surface area contributed by atoms with Crippen molar-refractivity contribution in [3.8, 4) is 0 Å². The standard InChI is InChI=1S/C13H15FN4S/c1-8-5-3-4-6-10(8)19-7-11-16-9(2)12(14)13(17-11)18-15/h3-6H,7,15H2,1-2H3,(H,16,17,18). The number of hydrazine groups is 1. The van der Waals surface area contributed by atoms with Crippen molar-refractivity contribution >= 4 is 17.6 Å². The van der Waals surface area contributed by atoms with Crippen LogP contribution in [0.5, 0.6) is 0 Å². The third-order valence-corrected chi connectivity index (χ3v) is 3.82. The molecule has 0 saturated heterocycles. The quantitative estimate of drug-likeness (QED) is 0.511. The van der Waals surface area contributed by atoms with E-state index in [-0.39, 0.29) is 5.82 Å². The average Bonchev–Trinajstić information content (AvgIpc) is 2.41.